The van der Waals surface area contributed by atoms with Crippen LogP contribution in [0.3, 0.4) is 0 Å². The molecule has 0 saturated carbocycles. The standard InChI is InChI=1S/C16H20F2N4O3S3/c1-3-9-26-16-21-20-15(27-16)19-14(23)5-4-8-22(28(2,24)25)11-6-7-12(17)13(18)10-11/h6-7,10H,3-5,8-9H2,1-2H3,(H,19,20,23). The molecule has 0 aliphatic heterocycles. The van der Waals surface area contributed by atoms with E-state index in [-0.39, 0.29) is 31.0 Å². The molecule has 0 aliphatic carbocycles. The van der Waals surface area contributed by atoms with E-state index < -0.39 is 21.7 Å². The Balaban J connectivity index is 1.92. The molecule has 12 heteroatoms. The highest BCUT2D eigenvalue weighted by Crippen LogP contribution is 2.26. The van der Waals surface area contributed by atoms with Crippen molar-refractivity contribution < 1.29 is 22.0 Å². The molecular formula is C16H20F2N4O3S3. The van der Waals surface area contributed by atoms with Gasteiger partial charge >= 0.3 is 0 Å². The zero-order valence-corrected chi connectivity index (χ0v) is 17.8. The molecule has 154 valence electrons. The minimum Gasteiger partial charge on any atom is -0.301 e. The number of carbonyl (C=O) groups is 1. The van der Waals surface area contributed by atoms with E-state index in [0.29, 0.717) is 5.13 Å². The number of sulfonamides is 1. The fourth-order valence-electron chi connectivity index (χ4n) is 2.20. The zero-order valence-electron chi connectivity index (χ0n) is 15.3. The van der Waals surface area contributed by atoms with Gasteiger partial charge in [-0.1, -0.05) is 30.0 Å². The smallest absolute Gasteiger partial charge is 0.232 e. The molecule has 0 atom stereocenters. The summed E-state index contributed by atoms with van der Waals surface area (Å²) >= 11 is 2.83. The van der Waals surface area contributed by atoms with Crippen molar-refractivity contribution >= 4 is 49.8 Å². The zero-order chi connectivity index (χ0) is 20.7. The lowest BCUT2D eigenvalue weighted by Gasteiger charge is -2.22. The van der Waals surface area contributed by atoms with Crippen LogP contribution in [0.2, 0.25) is 0 Å². The Bertz CT molecular complexity index is 922. The first-order valence-electron chi connectivity index (χ1n) is 8.39. The van der Waals surface area contributed by atoms with Crippen molar-refractivity contribution in [1.29, 1.82) is 0 Å². The first-order valence-corrected chi connectivity index (χ1v) is 12.0. The highest BCUT2D eigenvalue weighted by Gasteiger charge is 2.19. The molecule has 0 aliphatic rings. The van der Waals surface area contributed by atoms with Crippen LogP contribution in [0.25, 0.3) is 0 Å². The van der Waals surface area contributed by atoms with Crippen molar-refractivity contribution in [2.75, 3.05) is 28.2 Å². The number of nitrogens with one attached hydrogen (secondary N) is 1. The Kier molecular flexibility index (Phi) is 8.13. The third-order valence-corrected chi connectivity index (χ3v) is 6.81. The van der Waals surface area contributed by atoms with Gasteiger partial charge in [-0.15, -0.1) is 10.2 Å². The normalized spacial score (nSPS) is 11.4. The van der Waals surface area contributed by atoms with Gasteiger partial charge in [0.25, 0.3) is 0 Å². The van der Waals surface area contributed by atoms with Crippen molar-refractivity contribution in [3.05, 3.63) is 29.8 Å². The number of rotatable bonds is 10. The fourth-order valence-corrected chi connectivity index (χ4v) is 4.85. The van der Waals surface area contributed by atoms with Gasteiger partial charge in [0, 0.05) is 24.8 Å². The van der Waals surface area contributed by atoms with Gasteiger partial charge < -0.3 is 5.32 Å². The number of carbonyl (C=O) groups excluding carboxylic acids is 1. The Morgan fingerprint density at radius 1 is 1.29 bits per heavy atom. The van der Waals surface area contributed by atoms with Crippen molar-refractivity contribution in [1.82, 2.24) is 10.2 Å². The fraction of sp³-hybridized carbons (Fsp3) is 0.438. The van der Waals surface area contributed by atoms with Crippen LogP contribution in [0.15, 0.2) is 22.5 Å². The molecule has 0 unspecified atom stereocenters. The van der Waals surface area contributed by atoms with Crippen molar-refractivity contribution in [3.8, 4) is 0 Å². The van der Waals surface area contributed by atoms with Crippen molar-refractivity contribution in [2.24, 2.45) is 0 Å². The van der Waals surface area contributed by atoms with E-state index >= 15 is 0 Å². The summed E-state index contributed by atoms with van der Waals surface area (Å²) in [6.45, 7) is 2.00. The first-order chi connectivity index (χ1) is 13.2. The second-order valence-electron chi connectivity index (χ2n) is 5.81. The molecule has 1 N–H and O–H groups in total. The lowest BCUT2D eigenvalue weighted by atomic mass is 10.2. The average Bonchev–Trinajstić information content (AvgIpc) is 3.05. The maximum Gasteiger partial charge on any atom is 0.232 e. The van der Waals surface area contributed by atoms with Crippen LogP contribution >= 0.6 is 23.1 Å². The largest absolute Gasteiger partial charge is 0.301 e. The Labute approximate surface area is 170 Å². The molecule has 1 aromatic heterocycles. The number of hydrogen-bond donors (Lipinski definition) is 1. The van der Waals surface area contributed by atoms with Gasteiger partial charge in [-0.25, -0.2) is 17.2 Å². The highest BCUT2D eigenvalue weighted by atomic mass is 32.2. The minimum absolute atomic E-state index is 0.00326. The van der Waals surface area contributed by atoms with E-state index in [1.54, 1.807) is 11.8 Å². The number of aromatic nitrogens is 2. The van der Waals surface area contributed by atoms with E-state index in [1.807, 2.05) is 0 Å². The summed E-state index contributed by atoms with van der Waals surface area (Å²) in [7, 11) is -3.72. The predicted molar refractivity (Wildman–Crippen MR) is 107 cm³/mol. The van der Waals surface area contributed by atoms with Gasteiger partial charge in [0.15, 0.2) is 16.0 Å². The van der Waals surface area contributed by atoms with Crippen LogP contribution in [0, 0.1) is 11.6 Å². The van der Waals surface area contributed by atoms with Gasteiger partial charge in [-0.2, -0.15) is 0 Å². The SMILES string of the molecule is CCCSc1nnc(NC(=O)CCCN(c2ccc(F)c(F)c2)S(C)(=O)=O)s1. The molecular weight excluding hydrogens is 430 g/mol. The molecule has 2 aromatic rings. The average molecular weight is 451 g/mol. The number of benzene rings is 1. The second kappa shape index (κ2) is 10.1. The maximum absolute atomic E-state index is 13.4. The van der Waals surface area contributed by atoms with Crippen LogP contribution < -0.4 is 9.62 Å². The van der Waals surface area contributed by atoms with Gasteiger partial charge in [0.05, 0.1) is 11.9 Å². The second-order valence-corrected chi connectivity index (χ2v) is 10.0. The molecule has 0 bridgehead atoms. The number of amides is 1. The molecule has 0 radical (unpaired) electrons. The molecule has 2 rings (SSSR count). The molecule has 1 amide bonds. The van der Waals surface area contributed by atoms with Crippen LogP contribution in [-0.2, 0) is 14.8 Å². The summed E-state index contributed by atoms with van der Waals surface area (Å²) in [5.41, 5.74) is 0.00326. The molecule has 1 heterocycles. The number of hydrogen-bond acceptors (Lipinski definition) is 7. The summed E-state index contributed by atoms with van der Waals surface area (Å²) in [6.07, 6.45) is 2.19. The molecule has 0 spiro atoms. The van der Waals surface area contributed by atoms with E-state index in [1.165, 1.54) is 17.4 Å². The lowest BCUT2D eigenvalue weighted by molar-refractivity contribution is -0.116. The summed E-state index contributed by atoms with van der Waals surface area (Å²) in [5.74, 6) is -1.63. The highest BCUT2D eigenvalue weighted by molar-refractivity contribution is 8.01. The third kappa shape index (κ3) is 6.67. The monoisotopic (exact) mass is 450 g/mol. The van der Waals surface area contributed by atoms with Crippen LogP contribution in [0.5, 0.6) is 0 Å². The van der Waals surface area contributed by atoms with Gasteiger partial charge in [0.1, 0.15) is 0 Å². The Hall–Kier alpha value is -1.79. The van der Waals surface area contributed by atoms with Gasteiger partial charge in [-0.3, -0.25) is 9.10 Å². The lowest BCUT2D eigenvalue weighted by Crippen LogP contribution is -2.31. The maximum atomic E-state index is 13.4. The van der Waals surface area contributed by atoms with Crippen LogP contribution in [0.4, 0.5) is 19.6 Å². The van der Waals surface area contributed by atoms with Crippen molar-refractivity contribution in [3.63, 3.8) is 0 Å². The topological polar surface area (TPSA) is 92.3 Å². The molecule has 0 saturated heterocycles. The van der Waals surface area contributed by atoms with Crippen molar-refractivity contribution in [2.45, 2.75) is 30.5 Å². The summed E-state index contributed by atoms with van der Waals surface area (Å²) in [5, 5.41) is 10.9. The van der Waals surface area contributed by atoms with E-state index in [9.17, 15) is 22.0 Å². The summed E-state index contributed by atoms with van der Waals surface area (Å²) in [6, 6.07) is 2.85. The summed E-state index contributed by atoms with van der Waals surface area (Å²) < 4.78 is 52.2. The van der Waals surface area contributed by atoms with E-state index in [4.69, 9.17) is 0 Å². The van der Waals surface area contributed by atoms with E-state index in [2.05, 4.69) is 22.4 Å². The molecule has 7 nitrogen and oxygen atoms in total. The number of anilines is 2. The first kappa shape index (κ1) is 22.5. The van der Waals surface area contributed by atoms with Crippen LogP contribution in [-0.4, -0.2) is 43.1 Å². The molecule has 1 aromatic carbocycles. The Morgan fingerprint density at radius 2 is 2.04 bits per heavy atom. The molecule has 28 heavy (non-hydrogen) atoms. The number of nitrogens with zero attached hydrogens (tertiary/aromatic N) is 3. The third-order valence-electron chi connectivity index (χ3n) is 3.44. The number of halogens is 2. The number of thioether (sulfide) groups is 1. The minimum atomic E-state index is -3.72. The van der Waals surface area contributed by atoms with Gasteiger partial charge in [-0.05, 0) is 25.0 Å². The summed E-state index contributed by atoms with van der Waals surface area (Å²) in [4.78, 5) is 12.0. The quantitative estimate of drug-likeness (QED) is 0.440. The van der Waals surface area contributed by atoms with Crippen LogP contribution in [0.1, 0.15) is 26.2 Å². The predicted octanol–water partition coefficient (Wildman–Crippen LogP) is 3.50. The van der Waals surface area contributed by atoms with Gasteiger partial charge in [0.2, 0.25) is 21.1 Å². The Morgan fingerprint density at radius 3 is 2.68 bits per heavy atom. The molecule has 0 fully saturated rings. The van der Waals surface area contributed by atoms with E-state index in [0.717, 1.165) is 39.2 Å².